The van der Waals surface area contributed by atoms with E-state index in [-0.39, 0.29) is 12.3 Å². The van der Waals surface area contributed by atoms with E-state index in [1.807, 2.05) is 0 Å². The molecule has 1 aromatic carbocycles. The Morgan fingerprint density at radius 2 is 2.00 bits per heavy atom. The highest BCUT2D eigenvalue weighted by atomic mass is 16.5. The summed E-state index contributed by atoms with van der Waals surface area (Å²) in [6.07, 6.45) is 0.402. The maximum absolute atomic E-state index is 12.1. The van der Waals surface area contributed by atoms with Crippen molar-refractivity contribution in [2.24, 2.45) is 0 Å². The number of aromatic nitrogens is 4. The summed E-state index contributed by atoms with van der Waals surface area (Å²) in [5.74, 6) is -0.228. The van der Waals surface area contributed by atoms with Crippen LogP contribution in [0.15, 0.2) is 30.6 Å². The Morgan fingerprint density at radius 3 is 2.57 bits per heavy atom. The Labute approximate surface area is 120 Å². The number of rotatable bonds is 6. The molecule has 0 saturated carbocycles. The molecule has 21 heavy (non-hydrogen) atoms. The summed E-state index contributed by atoms with van der Waals surface area (Å²) in [5, 5.41) is 10.3. The van der Waals surface area contributed by atoms with Crippen LogP contribution in [0, 0.1) is 0 Å². The van der Waals surface area contributed by atoms with Gasteiger partial charge in [0.25, 0.3) is 0 Å². The standard InChI is InChI=1S/C13H14N4O4/c1-9(21-12(18)7-17-8-14-15-16-17)13(19)10-3-5-11(20-2)6-4-10/h3-6,8-9H,7H2,1-2H3/t9-/m0/s1. The number of methoxy groups -OCH3 is 1. The number of benzene rings is 1. The van der Waals surface area contributed by atoms with Crippen molar-refractivity contribution in [1.82, 2.24) is 20.2 Å². The number of hydrogen-bond donors (Lipinski definition) is 0. The molecule has 0 fully saturated rings. The second kappa shape index (κ2) is 6.60. The average Bonchev–Trinajstić information content (AvgIpc) is 2.99. The van der Waals surface area contributed by atoms with E-state index in [4.69, 9.17) is 9.47 Å². The van der Waals surface area contributed by atoms with Crippen LogP contribution in [0.4, 0.5) is 0 Å². The zero-order valence-corrected chi connectivity index (χ0v) is 11.6. The number of carbonyl (C=O) groups is 2. The van der Waals surface area contributed by atoms with Gasteiger partial charge in [0.05, 0.1) is 7.11 Å². The fraction of sp³-hybridized carbons (Fsp3) is 0.308. The van der Waals surface area contributed by atoms with Crippen molar-refractivity contribution < 1.29 is 19.1 Å². The predicted octanol–water partition coefficient (Wildman–Crippen LogP) is 0.496. The average molecular weight is 290 g/mol. The molecule has 110 valence electrons. The molecule has 0 unspecified atom stereocenters. The molecule has 0 radical (unpaired) electrons. The highest BCUT2D eigenvalue weighted by Crippen LogP contribution is 2.13. The lowest BCUT2D eigenvalue weighted by Crippen LogP contribution is -2.26. The quantitative estimate of drug-likeness (QED) is 0.564. The number of hydrogen-bond acceptors (Lipinski definition) is 7. The predicted molar refractivity (Wildman–Crippen MR) is 70.7 cm³/mol. The lowest BCUT2D eigenvalue weighted by Gasteiger charge is -2.12. The van der Waals surface area contributed by atoms with Crippen molar-refractivity contribution in [3.8, 4) is 5.75 Å². The van der Waals surface area contributed by atoms with E-state index >= 15 is 0 Å². The summed E-state index contributed by atoms with van der Waals surface area (Å²) >= 11 is 0. The van der Waals surface area contributed by atoms with E-state index < -0.39 is 12.1 Å². The normalized spacial score (nSPS) is 11.7. The van der Waals surface area contributed by atoms with Gasteiger partial charge in [-0.05, 0) is 41.6 Å². The van der Waals surface area contributed by atoms with Crippen LogP contribution in [0.1, 0.15) is 17.3 Å². The molecule has 0 N–H and O–H groups in total. The number of ketones is 1. The van der Waals surface area contributed by atoms with Gasteiger partial charge in [-0.2, -0.15) is 0 Å². The highest BCUT2D eigenvalue weighted by Gasteiger charge is 2.19. The summed E-state index contributed by atoms with van der Waals surface area (Å²) < 4.78 is 11.3. The zero-order valence-electron chi connectivity index (χ0n) is 11.6. The number of carbonyl (C=O) groups excluding carboxylic acids is 2. The number of ether oxygens (including phenoxy) is 2. The topological polar surface area (TPSA) is 96.2 Å². The maximum atomic E-state index is 12.1. The second-order valence-electron chi connectivity index (χ2n) is 4.23. The third-order valence-corrected chi connectivity index (χ3v) is 2.73. The lowest BCUT2D eigenvalue weighted by molar-refractivity contribution is -0.147. The van der Waals surface area contributed by atoms with Crippen LogP contribution in [0.25, 0.3) is 0 Å². The van der Waals surface area contributed by atoms with Crippen molar-refractivity contribution in [2.75, 3.05) is 7.11 Å². The van der Waals surface area contributed by atoms with E-state index in [1.54, 1.807) is 31.4 Å². The van der Waals surface area contributed by atoms with E-state index in [2.05, 4.69) is 15.5 Å². The molecule has 2 aromatic rings. The molecule has 1 aromatic heterocycles. The minimum Gasteiger partial charge on any atom is -0.497 e. The molecule has 0 aliphatic rings. The van der Waals surface area contributed by atoms with Gasteiger partial charge in [0.2, 0.25) is 5.78 Å². The molecular formula is C13H14N4O4. The van der Waals surface area contributed by atoms with Gasteiger partial charge < -0.3 is 9.47 Å². The number of tetrazole rings is 1. The van der Waals surface area contributed by atoms with E-state index in [9.17, 15) is 9.59 Å². The summed E-state index contributed by atoms with van der Waals surface area (Å²) in [6.45, 7) is 1.37. The Morgan fingerprint density at radius 1 is 1.29 bits per heavy atom. The SMILES string of the molecule is COc1ccc(C(=O)[C@H](C)OC(=O)Cn2cnnn2)cc1. The molecule has 8 heteroatoms. The molecule has 1 atom stereocenters. The zero-order chi connectivity index (χ0) is 15.2. The van der Waals surface area contributed by atoms with Gasteiger partial charge in [0, 0.05) is 5.56 Å². The van der Waals surface area contributed by atoms with E-state index in [1.165, 1.54) is 17.9 Å². The molecule has 8 nitrogen and oxygen atoms in total. The van der Waals surface area contributed by atoms with Crippen LogP contribution >= 0.6 is 0 Å². The largest absolute Gasteiger partial charge is 0.497 e. The fourth-order valence-electron chi connectivity index (χ4n) is 1.66. The van der Waals surface area contributed by atoms with Gasteiger partial charge >= 0.3 is 5.97 Å². The molecule has 0 amide bonds. The number of nitrogens with zero attached hydrogens (tertiary/aromatic N) is 4. The lowest BCUT2D eigenvalue weighted by atomic mass is 10.1. The van der Waals surface area contributed by atoms with Crippen LogP contribution in [0.3, 0.4) is 0 Å². The van der Waals surface area contributed by atoms with Crippen LogP contribution in [-0.2, 0) is 16.1 Å². The summed E-state index contributed by atoms with van der Waals surface area (Å²) in [6, 6.07) is 6.57. The Hall–Kier alpha value is -2.77. The van der Waals surface area contributed by atoms with E-state index in [0.29, 0.717) is 11.3 Å². The van der Waals surface area contributed by atoms with Crippen molar-refractivity contribution >= 4 is 11.8 Å². The third-order valence-electron chi connectivity index (χ3n) is 2.73. The molecule has 0 aliphatic heterocycles. The first-order valence-electron chi connectivity index (χ1n) is 6.18. The first kappa shape index (κ1) is 14.6. The van der Waals surface area contributed by atoms with Gasteiger partial charge in [0.15, 0.2) is 6.10 Å². The smallest absolute Gasteiger partial charge is 0.328 e. The number of Topliss-reactive ketones (excluding diaryl/α,β-unsaturated/α-hetero) is 1. The van der Waals surface area contributed by atoms with Crippen LogP contribution in [-0.4, -0.2) is 45.2 Å². The molecule has 0 saturated heterocycles. The van der Waals surface area contributed by atoms with Crippen LogP contribution < -0.4 is 4.74 Å². The maximum Gasteiger partial charge on any atom is 0.328 e. The highest BCUT2D eigenvalue weighted by molar-refractivity contribution is 6.00. The van der Waals surface area contributed by atoms with Crippen molar-refractivity contribution in [1.29, 1.82) is 0 Å². The number of esters is 1. The second-order valence-corrected chi connectivity index (χ2v) is 4.23. The Bertz CT molecular complexity index is 610. The minimum absolute atomic E-state index is 0.146. The van der Waals surface area contributed by atoms with Gasteiger partial charge in [-0.15, -0.1) is 5.10 Å². The minimum atomic E-state index is -0.887. The van der Waals surface area contributed by atoms with Crippen molar-refractivity contribution in [3.63, 3.8) is 0 Å². The third kappa shape index (κ3) is 3.85. The molecule has 1 heterocycles. The van der Waals surface area contributed by atoms with Gasteiger partial charge in [-0.25, -0.2) is 4.68 Å². The van der Waals surface area contributed by atoms with Crippen molar-refractivity contribution in [3.05, 3.63) is 36.2 Å². The van der Waals surface area contributed by atoms with Crippen LogP contribution in [0.5, 0.6) is 5.75 Å². The molecule has 0 aliphatic carbocycles. The van der Waals surface area contributed by atoms with Gasteiger partial charge in [0.1, 0.15) is 18.6 Å². The van der Waals surface area contributed by atoms with Gasteiger partial charge in [-0.3, -0.25) is 9.59 Å². The molecule has 2 rings (SSSR count). The van der Waals surface area contributed by atoms with E-state index in [0.717, 1.165) is 0 Å². The first-order chi connectivity index (χ1) is 10.1. The van der Waals surface area contributed by atoms with Crippen molar-refractivity contribution in [2.45, 2.75) is 19.6 Å². The Balaban J connectivity index is 1.93. The van der Waals surface area contributed by atoms with Gasteiger partial charge in [-0.1, -0.05) is 0 Å². The molecular weight excluding hydrogens is 276 g/mol. The first-order valence-corrected chi connectivity index (χ1v) is 6.18. The monoisotopic (exact) mass is 290 g/mol. The summed E-state index contributed by atoms with van der Waals surface area (Å²) in [7, 11) is 1.54. The van der Waals surface area contributed by atoms with Crippen LogP contribution in [0.2, 0.25) is 0 Å². The summed E-state index contributed by atoms with van der Waals surface area (Å²) in [4.78, 5) is 23.8. The fourth-order valence-corrected chi connectivity index (χ4v) is 1.66. The molecule has 0 spiro atoms. The molecule has 0 bridgehead atoms. The summed E-state index contributed by atoms with van der Waals surface area (Å²) in [5.41, 5.74) is 0.443. The Kier molecular flexibility index (Phi) is 4.60.